The van der Waals surface area contributed by atoms with E-state index in [-0.39, 0.29) is 0 Å². The number of thiophene rings is 1. The van der Waals surface area contributed by atoms with Gasteiger partial charge in [-0.2, -0.15) is 0 Å². The predicted molar refractivity (Wildman–Crippen MR) is 121 cm³/mol. The molecule has 1 aromatic heterocycles. The van der Waals surface area contributed by atoms with Crippen LogP contribution < -0.4 is 5.32 Å². The molecule has 6 nitrogen and oxygen atoms in total. The highest BCUT2D eigenvalue weighted by Gasteiger charge is 2.20. The summed E-state index contributed by atoms with van der Waals surface area (Å²) in [6.45, 7) is 12.4. The van der Waals surface area contributed by atoms with Gasteiger partial charge in [0.1, 0.15) is 0 Å². The van der Waals surface area contributed by atoms with Crippen LogP contribution in [-0.2, 0) is 16.0 Å². The average molecular weight is 443 g/mol. The first kappa shape index (κ1) is 22.8. The van der Waals surface area contributed by atoms with Crippen LogP contribution in [0.15, 0.2) is 17.1 Å². The molecule has 0 saturated carbocycles. The molecule has 1 N–H and O–H groups in total. The number of aliphatic imine (C=N–C) groups is 1. The summed E-state index contributed by atoms with van der Waals surface area (Å²) in [5.74, 6) is 1.71. The molecule has 0 unspecified atom stereocenters. The summed E-state index contributed by atoms with van der Waals surface area (Å²) in [6.07, 6.45) is 3.24. The van der Waals surface area contributed by atoms with E-state index in [4.69, 9.17) is 26.1 Å². The van der Waals surface area contributed by atoms with E-state index in [1.54, 1.807) is 11.3 Å². The van der Waals surface area contributed by atoms with Crippen LogP contribution in [0.4, 0.5) is 0 Å². The molecule has 0 aromatic carbocycles. The van der Waals surface area contributed by atoms with Gasteiger partial charge in [-0.1, -0.05) is 11.6 Å². The van der Waals surface area contributed by atoms with Gasteiger partial charge in [0, 0.05) is 77.1 Å². The second kappa shape index (κ2) is 12.7. The number of ether oxygens (including phenoxy) is 2. The van der Waals surface area contributed by atoms with Gasteiger partial charge >= 0.3 is 0 Å². The first-order chi connectivity index (χ1) is 14.2. The van der Waals surface area contributed by atoms with Gasteiger partial charge in [0.05, 0.1) is 4.34 Å². The zero-order valence-corrected chi connectivity index (χ0v) is 19.1. The minimum atomic E-state index is 0.672. The van der Waals surface area contributed by atoms with Crippen molar-refractivity contribution in [3.63, 3.8) is 0 Å². The van der Waals surface area contributed by atoms with E-state index in [9.17, 15) is 0 Å². The van der Waals surface area contributed by atoms with Gasteiger partial charge in [-0.05, 0) is 44.2 Å². The lowest BCUT2D eigenvalue weighted by Gasteiger charge is -2.36. The largest absolute Gasteiger partial charge is 0.381 e. The van der Waals surface area contributed by atoms with Crippen molar-refractivity contribution in [3.05, 3.63) is 21.3 Å². The summed E-state index contributed by atoms with van der Waals surface area (Å²) in [5.41, 5.74) is 0. The minimum absolute atomic E-state index is 0.672. The summed E-state index contributed by atoms with van der Waals surface area (Å²) in [4.78, 5) is 11.0. The maximum absolute atomic E-state index is 6.05. The maximum Gasteiger partial charge on any atom is 0.194 e. The Balaban J connectivity index is 1.34. The van der Waals surface area contributed by atoms with Crippen LogP contribution in [0.5, 0.6) is 0 Å². The zero-order valence-electron chi connectivity index (χ0n) is 17.6. The Hall–Kier alpha value is -0.860. The number of nitrogens with one attached hydrogen (secondary N) is 1. The zero-order chi connectivity index (χ0) is 20.3. The van der Waals surface area contributed by atoms with E-state index >= 15 is 0 Å². The molecule has 0 atom stereocenters. The number of halogens is 1. The van der Waals surface area contributed by atoms with Crippen LogP contribution in [0.3, 0.4) is 0 Å². The molecule has 8 heteroatoms. The Bertz CT molecular complexity index is 614. The summed E-state index contributed by atoms with van der Waals surface area (Å²) < 4.78 is 12.1. The maximum atomic E-state index is 6.05. The molecule has 3 heterocycles. The van der Waals surface area contributed by atoms with Crippen molar-refractivity contribution in [3.8, 4) is 0 Å². The van der Waals surface area contributed by atoms with Gasteiger partial charge < -0.3 is 19.7 Å². The van der Waals surface area contributed by atoms with E-state index in [0.717, 1.165) is 102 Å². The molecule has 2 saturated heterocycles. The van der Waals surface area contributed by atoms with Crippen molar-refractivity contribution in [1.29, 1.82) is 0 Å². The van der Waals surface area contributed by atoms with Crippen LogP contribution >= 0.6 is 22.9 Å². The fourth-order valence-corrected chi connectivity index (χ4v) is 4.85. The van der Waals surface area contributed by atoms with Crippen molar-refractivity contribution in [2.75, 3.05) is 65.7 Å². The lowest BCUT2D eigenvalue weighted by molar-refractivity contribution is 0.0205. The van der Waals surface area contributed by atoms with Crippen LogP contribution in [0.2, 0.25) is 4.34 Å². The van der Waals surface area contributed by atoms with Crippen LogP contribution in [0.25, 0.3) is 0 Å². The third-order valence-corrected chi connectivity index (χ3v) is 6.63. The molecular formula is C21H35ClN4O2S. The number of piperazine rings is 1. The average Bonchev–Trinajstić information content (AvgIpc) is 3.15. The molecule has 0 spiro atoms. The Morgan fingerprint density at radius 2 is 2.07 bits per heavy atom. The van der Waals surface area contributed by atoms with Crippen molar-refractivity contribution in [2.45, 2.75) is 32.7 Å². The lowest BCUT2D eigenvalue weighted by Crippen LogP contribution is -2.52. The summed E-state index contributed by atoms with van der Waals surface area (Å²) in [5, 5.41) is 3.45. The van der Waals surface area contributed by atoms with Crippen LogP contribution in [0.1, 0.15) is 31.1 Å². The molecule has 3 rings (SSSR count). The fraction of sp³-hybridized carbons (Fsp3) is 0.762. The fourth-order valence-electron chi connectivity index (χ4n) is 3.72. The molecule has 2 fully saturated rings. The highest BCUT2D eigenvalue weighted by atomic mass is 35.5. The molecule has 0 aliphatic carbocycles. The van der Waals surface area contributed by atoms with E-state index in [0.29, 0.717) is 5.92 Å². The van der Waals surface area contributed by atoms with Gasteiger partial charge in [0.15, 0.2) is 5.96 Å². The highest BCUT2D eigenvalue weighted by molar-refractivity contribution is 7.16. The SMILES string of the molecule is CCNC(=NCCCOCC1CCOCC1)N1CCN(Cc2ccc(Cl)s2)CC1. The van der Waals surface area contributed by atoms with E-state index in [1.807, 2.05) is 6.07 Å². The number of guanidine groups is 1. The normalized spacial score (nSPS) is 19.7. The smallest absolute Gasteiger partial charge is 0.194 e. The Morgan fingerprint density at radius 1 is 1.28 bits per heavy atom. The minimum Gasteiger partial charge on any atom is -0.381 e. The monoisotopic (exact) mass is 442 g/mol. The quantitative estimate of drug-likeness (QED) is 0.361. The standard InChI is InChI=1S/C21H35ClN4O2S/c1-2-23-21(24-8-3-13-28-17-18-6-14-27-15-7-18)26-11-9-25(10-12-26)16-19-4-5-20(22)29-19/h4-5,18H,2-3,6-17H2,1H3,(H,23,24). The molecular weight excluding hydrogens is 408 g/mol. The Kier molecular flexibility index (Phi) is 10.0. The van der Waals surface area contributed by atoms with Crippen LogP contribution in [0, 0.1) is 5.92 Å². The molecule has 0 radical (unpaired) electrons. The summed E-state index contributed by atoms with van der Waals surface area (Å²) >= 11 is 7.73. The molecule has 2 aliphatic heterocycles. The van der Waals surface area contributed by atoms with E-state index in [2.05, 4.69) is 28.1 Å². The number of nitrogens with zero attached hydrogens (tertiary/aromatic N) is 3. The van der Waals surface area contributed by atoms with Crippen molar-refractivity contribution < 1.29 is 9.47 Å². The van der Waals surface area contributed by atoms with Crippen molar-refractivity contribution in [2.24, 2.45) is 10.9 Å². The Labute approximate surface area is 184 Å². The summed E-state index contributed by atoms with van der Waals surface area (Å²) in [7, 11) is 0. The topological polar surface area (TPSA) is 49.3 Å². The number of rotatable bonds is 9. The Morgan fingerprint density at radius 3 is 2.76 bits per heavy atom. The van der Waals surface area contributed by atoms with Gasteiger partial charge in [-0.15, -0.1) is 11.3 Å². The molecule has 0 bridgehead atoms. The molecule has 29 heavy (non-hydrogen) atoms. The lowest BCUT2D eigenvalue weighted by atomic mass is 10.0. The summed E-state index contributed by atoms with van der Waals surface area (Å²) in [6, 6.07) is 4.12. The van der Waals surface area contributed by atoms with E-state index in [1.165, 1.54) is 4.88 Å². The van der Waals surface area contributed by atoms with Gasteiger partial charge in [-0.3, -0.25) is 9.89 Å². The number of hydrogen-bond acceptors (Lipinski definition) is 5. The third-order valence-electron chi connectivity index (χ3n) is 5.42. The molecule has 0 amide bonds. The first-order valence-corrected chi connectivity index (χ1v) is 12.1. The van der Waals surface area contributed by atoms with Gasteiger partial charge in [0.2, 0.25) is 0 Å². The second-order valence-corrected chi connectivity index (χ2v) is 9.49. The molecule has 1 aromatic rings. The van der Waals surface area contributed by atoms with Gasteiger partial charge in [0.25, 0.3) is 0 Å². The number of hydrogen-bond donors (Lipinski definition) is 1. The third kappa shape index (κ3) is 8.06. The van der Waals surface area contributed by atoms with Crippen molar-refractivity contribution in [1.82, 2.24) is 15.1 Å². The second-order valence-electron chi connectivity index (χ2n) is 7.69. The highest BCUT2D eigenvalue weighted by Crippen LogP contribution is 2.23. The van der Waals surface area contributed by atoms with Gasteiger partial charge in [-0.25, -0.2) is 0 Å². The van der Waals surface area contributed by atoms with E-state index < -0.39 is 0 Å². The first-order valence-electron chi connectivity index (χ1n) is 10.9. The van der Waals surface area contributed by atoms with Crippen molar-refractivity contribution >= 4 is 28.9 Å². The predicted octanol–water partition coefficient (Wildman–Crippen LogP) is 3.32. The molecule has 2 aliphatic rings. The van der Waals surface area contributed by atoms with Crippen LogP contribution in [-0.4, -0.2) is 81.5 Å². The molecule has 164 valence electrons.